The van der Waals surface area contributed by atoms with E-state index >= 15 is 0 Å². The summed E-state index contributed by atoms with van der Waals surface area (Å²) in [6.45, 7) is 3.98. The SMILES string of the molecule is Cc1ccc2c(c1)CCC(CCc1ccc(C)c(F)c1)C2. The van der Waals surface area contributed by atoms with Gasteiger partial charge in [-0.15, -0.1) is 0 Å². The molecule has 0 bridgehead atoms. The van der Waals surface area contributed by atoms with Gasteiger partial charge in [-0.25, -0.2) is 4.39 Å². The molecular formula is C20H23F. The van der Waals surface area contributed by atoms with Gasteiger partial charge >= 0.3 is 0 Å². The smallest absolute Gasteiger partial charge is 0.126 e. The van der Waals surface area contributed by atoms with Gasteiger partial charge in [0.2, 0.25) is 0 Å². The number of hydrogen-bond donors (Lipinski definition) is 0. The highest BCUT2D eigenvalue weighted by molar-refractivity contribution is 5.33. The predicted molar refractivity (Wildman–Crippen MR) is 86.2 cm³/mol. The van der Waals surface area contributed by atoms with Gasteiger partial charge < -0.3 is 0 Å². The van der Waals surface area contributed by atoms with Crippen molar-refractivity contribution in [1.82, 2.24) is 0 Å². The van der Waals surface area contributed by atoms with Gasteiger partial charge in [-0.2, -0.15) is 0 Å². The van der Waals surface area contributed by atoms with Crippen molar-refractivity contribution in [3.63, 3.8) is 0 Å². The maximum Gasteiger partial charge on any atom is 0.126 e. The Bertz CT molecular complexity index is 642. The Morgan fingerprint density at radius 1 is 1.05 bits per heavy atom. The summed E-state index contributed by atoms with van der Waals surface area (Å²) >= 11 is 0. The van der Waals surface area contributed by atoms with E-state index in [1.54, 1.807) is 6.07 Å². The summed E-state index contributed by atoms with van der Waals surface area (Å²) in [6.07, 6.45) is 5.80. The number of hydrogen-bond acceptors (Lipinski definition) is 0. The summed E-state index contributed by atoms with van der Waals surface area (Å²) in [5.74, 6) is 0.668. The minimum atomic E-state index is -0.0723. The quantitative estimate of drug-likeness (QED) is 0.727. The van der Waals surface area contributed by atoms with E-state index in [0.717, 1.165) is 29.9 Å². The van der Waals surface area contributed by atoms with Crippen molar-refractivity contribution >= 4 is 0 Å². The van der Waals surface area contributed by atoms with Gasteiger partial charge in [-0.3, -0.25) is 0 Å². The van der Waals surface area contributed by atoms with Crippen LogP contribution in [-0.2, 0) is 19.3 Å². The summed E-state index contributed by atoms with van der Waals surface area (Å²) in [7, 11) is 0. The van der Waals surface area contributed by atoms with Gasteiger partial charge in [0.15, 0.2) is 0 Å². The van der Waals surface area contributed by atoms with E-state index in [0.29, 0.717) is 0 Å². The summed E-state index contributed by atoms with van der Waals surface area (Å²) in [5.41, 5.74) is 6.29. The molecule has 0 heterocycles. The number of benzene rings is 2. The number of fused-ring (bicyclic) bond motifs is 1. The van der Waals surface area contributed by atoms with Crippen LogP contribution >= 0.6 is 0 Å². The van der Waals surface area contributed by atoms with Crippen LogP contribution in [0.5, 0.6) is 0 Å². The van der Waals surface area contributed by atoms with Crippen LogP contribution in [0.3, 0.4) is 0 Å². The van der Waals surface area contributed by atoms with E-state index in [-0.39, 0.29) is 5.82 Å². The molecule has 2 aromatic carbocycles. The third-order valence-electron chi connectivity index (χ3n) is 4.77. The Kier molecular flexibility index (Phi) is 4.10. The lowest BCUT2D eigenvalue weighted by molar-refractivity contribution is 0.427. The molecule has 110 valence electrons. The van der Waals surface area contributed by atoms with E-state index in [4.69, 9.17) is 0 Å². The molecule has 0 amide bonds. The fourth-order valence-electron chi connectivity index (χ4n) is 3.37. The lowest BCUT2D eigenvalue weighted by atomic mass is 9.80. The Morgan fingerprint density at radius 2 is 1.90 bits per heavy atom. The lowest BCUT2D eigenvalue weighted by Gasteiger charge is -2.25. The van der Waals surface area contributed by atoms with E-state index < -0.39 is 0 Å². The third-order valence-corrected chi connectivity index (χ3v) is 4.77. The first-order chi connectivity index (χ1) is 10.1. The first-order valence-electron chi connectivity index (χ1n) is 7.95. The molecule has 3 rings (SSSR count). The van der Waals surface area contributed by atoms with Crippen molar-refractivity contribution in [3.05, 3.63) is 70.0 Å². The summed E-state index contributed by atoms with van der Waals surface area (Å²) in [4.78, 5) is 0. The highest BCUT2D eigenvalue weighted by Gasteiger charge is 2.18. The van der Waals surface area contributed by atoms with Gasteiger partial charge in [0.05, 0.1) is 0 Å². The Labute approximate surface area is 127 Å². The van der Waals surface area contributed by atoms with E-state index in [1.165, 1.54) is 36.0 Å². The van der Waals surface area contributed by atoms with E-state index in [9.17, 15) is 4.39 Å². The minimum Gasteiger partial charge on any atom is -0.207 e. The molecule has 0 N–H and O–H groups in total. The monoisotopic (exact) mass is 282 g/mol. The molecule has 0 radical (unpaired) electrons. The molecule has 2 aromatic rings. The van der Waals surface area contributed by atoms with E-state index in [1.807, 2.05) is 13.0 Å². The van der Waals surface area contributed by atoms with Gasteiger partial charge in [0, 0.05) is 0 Å². The van der Waals surface area contributed by atoms with Crippen molar-refractivity contribution in [2.24, 2.45) is 5.92 Å². The Balaban J connectivity index is 1.62. The molecule has 1 heteroatoms. The third kappa shape index (κ3) is 3.34. The second-order valence-corrected chi connectivity index (χ2v) is 6.50. The van der Waals surface area contributed by atoms with Crippen LogP contribution in [0.15, 0.2) is 36.4 Å². The van der Waals surface area contributed by atoms with Crippen LogP contribution < -0.4 is 0 Å². The second kappa shape index (κ2) is 6.01. The molecular weight excluding hydrogens is 259 g/mol. The topological polar surface area (TPSA) is 0 Å². The van der Waals surface area contributed by atoms with Crippen molar-refractivity contribution in [2.75, 3.05) is 0 Å². The lowest BCUT2D eigenvalue weighted by Crippen LogP contribution is -2.15. The van der Waals surface area contributed by atoms with E-state index in [2.05, 4.69) is 31.2 Å². The molecule has 1 unspecified atom stereocenters. The van der Waals surface area contributed by atoms with Crippen molar-refractivity contribution in [2.45, 2.75) is 46.0 Å². The average Bonchev–Trinajstić information content (AvgIpc) is 2.48. The largest absolute Gasteiger partial charge is 0.207 e. The number of halogens is 1. The predicted octanol–water partition coefficient (Wildman–Crippen LogP) is 5.18. The van der Waals surface area contributed by atoms with Gasteiger partial charge in [0.25, 0.3) is 0 Å². The highest BCUT2D eigenvalue weighted by Crippen LogP contribution is 2.29. The molecule has 0 aromatic heterocycles. The summed E-state index contributed by atoms with van der Waals surface area (Å²) < 4.78 is 13.6. The van der Waals surface area contributed by atoms with Crippen LogP contribution in [0.2, 0.25) is 0 Å². The van der Waals surface area contributed by atoms with Crippen molar-refractivity contribution in [1.29, 1.82) is 0 Å². The second-order valence-electron chi connectivity index (χ2n) is 6.50. The summed E-state index contributed by atoms with van der Waals surface area (Å²) in [6, 6.07) is 12.5. The van der Waals surface area contributed by atoms with Gasteiger partial charge in [0.1, 0.15) is 5.82 Å². The fourth-order valence-corrected chi connectivity index (χ4v) is 3.37. The molecule has 1 aliphatic carbocycles. The fraction of sp³-hybridized carbons (Fsp3) is 0.400. The molecule has 1 atom stereocenters. The average molecular weight is 282 g/mol. The molecule has 1 aliphatic rings. The zero-order valence-corrected chi connectivity index (χ0v) is 13.0. The molecule has 0 spiro atoms. The van der Waals surface area contributed by atoms with Crippen molar-refractivity contribution < 1.29 is 4.39 Å². The standard InChI is InChI=1S/C20H23F/c1-14-3-9-19-12-16(8-10-18(19)11-14)6-7-17-5-4-15(2)20(21)13-17/h3-5,9,11,13,16H,6-8,10,12H2,1-2H3. The van der Waals surface area contributed by atoms with Crippen LogP contribution in [0, 0.1) is 25.6 Å². The van der Waals surface area contributed by atoms with Crippen LogP contribution in [0.4, 0.5) is 4.39 Å². The molecule has 0 saturated heterocycles. The van der Waals surface area contributed by atoms with Crippen molar-refractivity contribution in [3.8, 4) is 0 Å². The molecule has 0 fully saturated rings. The zero-order chi connectivity index (χ0) is 14.8. The van der Waals surface area contributed by atoms with Gasteiger partial charge in [-0.05, 0) is 80.2 Å². The van der Waals surface area contributed by atoms with Crippen LogP contribution in [0.1, 0.15) is 40.7 Å². The number of rotatable bonds is 3. The van der Waals surface area contributed by atoms with Gasteiger partial charge in [-0.1, -0.05) is 35.9 Å². The number of aryl methyl sites for hydroxylation is 4. The molecule has 0 saturated carbocycles. The summed E-state index contributed by atoms with van der Waals surface area (Å²) in [5, 5.41) is 0. The maximum atomic E-state index is 13.6. The molecule has 0 aliphatic heterocycles. The van der Waals surface area contributed by atoms with Crippen LogP contribution in [-0.4, -0.2) is 0 Å². The van der Waals surface area contributed by atoms with Crippen LogP contribution in [0.25, 0.3) is 0 Å². The maximum absolute atomic E-state index is 13.6. The molecule has 0 nitrogen and oxygen atoms in total. The molecule has 21 heavy (non-hydrogen) atoms. The Morgan fingerprint density at radius 3 is 2.71 bits per heavy atom. The highest BCUT2D eigenvalue weighted by atomic mass is 19.1. The Hall–Kier alpha value is -1.63. The zero-order valence-electron chi connectivity index (χ0n) is 13.0. The first kappa shape index (κ1) is 14.3. The first-order valence-corrected chi connectivity index (χ1v) is 7.95. The minimum absolute atomic E-state index is 0.0723. The normalized spacial score (nSPS) is 17.6.